The quantitative estimate of drug-likeness (QED) is 0.378. The van der Waals surface area contributed by atoms with E-state index in [-0.39, 0.29) is 16.5 Å². The van der Waals surface area contributed by atoms with E-state index in [0.717, 1.165) is 11.8 Å². The second kappa shape index (κ2) is 7.30. The van der Waals surface area contributed by atoms with E-state index >= 15 is 0 Å². The Morgan fingerprint density at radius 2 is 1.31 bits per heavy atom. The highest BCUT2D eigenvalue weighted by atomic mass is 32.2. The van der Waals surface area contributed by atoms with Crippen molar-refractivity contribution in [2.75, 3.05) is 11.5 Å². The smallest absolute Gasteiger partial charge is 0.295 e. The van der Waals surface area contributed by atoms with Gasteiger partial charge in [-0.05, 0) is 41.8 Å². The normalized spacial score (nSPS) is 11.6. The fourth-order valence-corrected chi connectivity index (χ4v) is 3.50. The Morgan fingerprint density at radius 1 is 0.692 bits per heavy atom. The molecule has 0 saturated carbocycles. The number of hydrogen-bond acceptors (Lipinski definition) is 6. The molecule has 8 nitrogen and oxygen atoms in total. The van der Waals surface area contributed by atoms with Gasteiger partial charge in [-0.1, -0.05) is 24.3 Å². The standard InChI is InChI=1S/C10H9NO6S2.C6H7N/c11-7-1-2-9-6(3-7)4-8(18(12,13)14)5-10(9)19(15,16)17;7-6-4-2-1-3-5-6/h1-5H,11H2,(H,12,13,14)(H,15,16,17);1-5H,7H2. The third-order valence-electron chi connectivity index (χ3n) is 3.29. The van der Waals surface area contributed by atoms with Crippen molar-refractivity contribution in [1.29, 1.82) is 0 Å². The number of nitrogens with two attached hydrogens (primary N) is 2. The Labute approximate surface area is 150 Å². The number of anilines is 2. The molecule has 0 fully saturated rings. The van der Waals surface area contributed by atoms with Gasteiger partial charge in [0, 0.05) is 16.8 Å². The molecule has 0 aromatic heterocycles. The van der Waals surface area contributed by atoms with E-state index in [1.165, 1.54) is 18.2 Å². The number of hydrogen-bond donors (Lipinski definition) is 4. The van der Waals surface area contributed by atoms with Gasteiger partial charge in [0.2, 0.25) is 0 Å². The molecule has 0 aliphatic rings. The Morgan fingerprint density at radius 3 is 1.77 bits per heavy atom. The minimum Gasteiger partial charge on any atom is -0.399 e. The SMILES string of the molecule is Nc1ccc2c(S(=O)(=O)O)cc(S(=O)(=O)O)cc2c1.Nc1ccccc1. The van der Waals surface area contributed by atoms with Gasteiger partial charge in [-0.25, -0.2) is 0 Å². The Bertz CT molecular complexity index is 1140. The average molecular weight is 396 g/mol. The van der Waals surface area contributed by atoms with Crippen molar-refractivity contribution in [3.63, 3.8) is 0 Å². The van der Waals surface area contributed by atoms with Crippen LogP contribution in [0.4, 0.5) is 11.4 Å². The van der Waals surface area contributed by atoms with Crippen LogP contribution in [0.25, 0.3) is 10.8 Å². The van der Waals surface area contributed by atoms with Gasteiger partial charge in [0.05, 0.1) is 4.90 Å². The molecule has 26 heavy (non-hydrogen) atoms. The first-order valence-electron chi connectivity index (χ1n) is 7.07. The van der Waals surface area contributed by atoms with Crippen LogP contribution in [-0.2, 0) is 20.2 Å². The van der Waals surface area contributed by atoms with E-state index < -0.39 is 30.0 Å². The van der Waals surface area contributed by atoms with Crippen molar-refractivity contribution in [3.8, 4) is 0 Å². The zero-order valence-electron chi connectivity index (χ0n) is 13.3. The predicted octanol–water partition coefficient (Wildman–Crippen LogP) is 2.18. The van der Waals surface area contributed by atoms with E-state index in [1.54, 1.807) is 0 Å². The van der Waals surface area contributed by atoms with Crippen LogP contribution in [0, 0.1) is 0 Å². The monoisotopic (exact) mass is 396 g/mol. The third kappa shape index (κ3) is 4.92. The molecule has 0 bridgehead atoms. The summed E-state index contributed by atoms with van der Waals surface area (Å²) >= 11 is 0. The molecule has 3 aromatic rings. The largest absolute Gasteiger partial charge is 0.399 e. The molecule has 0 saturated heterocycles. The number of para-hydroxylation sites is 1. The molecule has 0 radical (unpaired) electrons. The Hall–Kier alpha value is -2.66. The van der Waals surface area contributed by atoms with Gasteiger partial charge in [0.1, 0.15) is 4.90 Å². The van der Waals surface area contributed by atoms with Gasteiger partial charge < -0.3 is 11.5 Å². The van der Waals surface area contributed by atoms with Crippen molar-refractivity contribution < 1.29 is 25.9 Å². The first-order chi connectivity index (χ1) is 12.0. The van der Waals surface area contributed by atoms with Crippen LogP contribution < -0.4 is 11.5 Å². The molecule has 6 N–H and O–H groups in total. The molecule has 0 atom stereocenters. The van der Waals surface area contributed by atoms with Crippen LogP contribution >= 0.6 is 0 Å². The van der Waals surface area contributed by atoms with Crippen molar-refractivity contribution >= 4 is 42.4 Å². The summed E-state index contributed by atoms with van der Waals surface area (Å²) in [4.78, 5) is -1.25. The Balaban J connectivity index is 0.000000290. The minimum atomic E-state index is -4.64. The number of rotatable bonds is 2. The lowest BCUT2D eigenvalue weighted by molar-refractivity contribution is 0.482. The second-order valence-electron chi connectivity index (χ2n) is 5.26. The minimum absolute atomic E-state index is 0.101. The molecular formula is C16H16N2O6S2. The molecule has 0 heterocycles. The lowest BCUT2D eigenvalue weighted by Crippen LogP contribution is -2.04. The maximum Gasteiger partial charge on any atom is 0.295 e. The summed E-state index contributed by atoms with van der Waals surface area (Å²) in [5.41, 5.74) is 12.0. The number of fused-ring (bicyclic) bond motifs is 1. The fraction of sp³-hybridized carbons (Fsp3) is 0. The van der Waals surface area contributed by atoms with Gasteiger partial charge in [0.15, 0.2) is 0 Å². The van der Waals surface area contributed by atoms with Crippen LogP contribution in [0.15, 0.2) is 70.5 Å². The zero-order valence-corrected chi connectivity index (χ0v) is 14.9. The number of nitrogen functional groups attached to an aromatic ring is 2. The van der Waals surface area contributed by atoms with Gasteiger partial charge in [0.25, 0.3) is 20.2 Å². The lowest BCUT2D eigenvalue weighted by Gasteiger charge is -2.07. The molecule has 0 unspecified atom stereocenters. The van der Waals surface area contributed by atoms with E-state index in [2.05, 4.69) is 0 Å². The molecule has 0 aliphatic heterocycles. The highest BCUT2D eigenvalue weighted by Crippen LogP contribution is 2.28. The number of benzene rings is 3. The van der Waals surface area contributed by atoms with E-state index in [4.69, 9.17) is 20.6 Å². The van der Waals surface area contributed by atoms with Crippen LogP contribution in [0.1, 0.15) is 0 Å². The van der Waals surface area contributed by atoms with E-state index in [1.807, 2.05) is 30.3 Å². The summed E-state index contributed by atoms with van der Waals surface area (Å²) in [6.45, 7) is 0. The summed E-state index contributed by atoms with van der Waals surface area (Å²) in [5.74, 6) is 0. The van der Waals surface area contributed by atoms with Gasteiger partial charge >= 0.3 is 0 Å². The van der Waals surface area contributed by atoms with E-state index in [9.17, 15) is 16.8 Å². The molecule has 3 rings (SSSR count). The average Bonchev–Trinajstić information content (AvgIpc) is 2.53. The predicted molar refractivity (Wildman–Crippen MR) is 98.8 cm³/mol. The van der Waals surface area contributed by atoms with Gasteiger partial charge in [-0.2, -0.15) is 16.8 Å². The Kier molecular flexibility index (Phi) is 5.52. The molecule has 0 aliphatic carbocycles. The lowest BCUT2D eigenvalue weighted by atomic mass is 10.1. The summed E-state index contributed by atoms with van der Waals surface area (Å²) in [5, 5.41) is 0.270. The molecular weight excluding hydrogens is 380 g/mol. The van der Waals surface area contributed by atoms with Crippen molar-refractivity contribution in [3.05, 3.63) is 60.7 Å². The van der Waals surface area contributed by atoms with Crippen molar-refractivity contribution in [2.24, 2.45) is 0 Å². The van der Waals surface area contributed by atoms with Gasteiger partial charge in [-0.15, -0.1) is 0 Å². The highest BCUT2D eigenvalue weighted by Gasteiger charge is 2.20. The van der Waals surface area contributed by atoms with Crippen molar-refractivity contribution in [1.82, 2.24) is 0 Å². The summed E-state index contributed by atoms with van der Waals surface area (Å²) in [7, 11) is -9.25. The van der Waals surface area contributed by atoms with Crippen molar-refractivity contribution in [2.45, 2.75) is 9.79 Å². The second-order valence-corrected chi connectivity index (χ2v) is 8.07. The molecule has 0 amide bonds. The maximum atomic E-state index is 11.3. The first kappa shape index (κ1) is 19.7. The summed E-state index contributed by atoms with van der Waals surface area (Å²) in [6, 6.07) is 15.3. The first-order valence-corrected chi connectivity index (χ1v) is 9.95. The topological polar surface area (TPSA) is 161 Å². The molecule has 138 valence electrons. The molecule has 0 spiro atoms. The molecule has 10 heteroatoms. The summed E-state index contributed by atoms with van der Waals surface area (Å²) < 4.78 is 62.8. The van der Waals surface area contributed by atoms with Gasteiger partial charge in [-0.3, -0.25) is 9.11 Å². The third-order valence-corrected chi connectivity index (χ3v) is 5.01. The van der Waals surface area contributed by atoms with E-state index in [0.29, 0.717) is 6.07 Å². The fourth-order valence-electron chi connectivity index (χ4n) is 2.14. The van der Waals surface area contributed by atoms with Crippen LogP contribution in [0.3, 0.4) is 0 Å². The zero-order chi connectivity index (χ0) is 19.5. The van der Waals surface area contributed by atoms with Crippen LogP contribution in [0.5, 0.6) is 0 Å². The van der Waals surface area contributed by atoms with Crippen LogP contribution in [-0.4, -0.2) is 25.9 Å². The summed E-state index contributed by atoms with van der Waals surface area (Å²) in [6.07, 6.45) is 0. The van der Waals surface area contributed by atoms with Crippen LogP contribution in [0.2, 0.25) is 0 Å². The maximum absolute atomic E-state index is 11.3. The molecule has 3 aromatic carbocycles. The highest BCUT2D eigenvalue weighted by molar-refractivity contribution is 7.86.